The lowest BCUT2D eigenvalue weighted by Crippen LogP contribution is -1.86. The predicted molar refractivity (Wildman–Crippen MR) is 254 cm³/mol. The Labute approximate surface area is 352 Å². The van der Waals surface area contributed by atoms with Crippen LogP contribution in [0.15, 0.2) is 197 Å². The quantitative estimate of drug-likeness (QED) is 0.174. The zero-order valence-electron chi connectivity index (χ0n) is 32.0. The number of thiazole rings is 1. The fourth-order valence-corrected chi connectivity index (χ4v) is 11.3. The second-order valence-corrected chi connectivity index (χ2v) is 17.5. The van der Waals surface area contributed by atoms with E-state index in [9.17, 15) is 0 Å². The van der Waals surface area contributed by atoms with Crippen molar-refractivity contribution in [3.05, 3.63) is 188 Å². The van der Waals surface area contributed by atoms with Crippen LogP contribution in [-0.2, 0) is 0 Å². The molecule has 0 unspecified atom stereocenters. The van der Waals surface area contributed by atoms with Crippen molar-refractivity contribution in [2.75, 3.05) is 0 Å². The molecule has 9 aromatic carbocycles. The van der Waals surface area contributed by atoms with Crippen molar-refractivity contribution in [3.8, 4) is 55.1 Å². The Balaban J connectivity index is 0.940. The largest absolute Gasteiger partial charge is 0.455 e. The molecule has 0 atom stereocenters. The minimum atomic E-state index is 0.905. The summed E-state index contributed by atoms with van der Waals surface area (Å²) in [5, 5.41) is 8.12. The van der Waals surface area contributed by atoms with Gasteiger partial charge in [0.1, 0.15) is 27.3 Å². The first kappa shape index (κ1) is 33.6. The maximum absolute atomic E-state index is 6.41. The highest BCUT2D eigenvalue weighted by Crippen LogP contribution is 2.45. The molecule has 13 rings (SSSR count). The van der Waals surface area contributed by atoms with Crippen LogP contribution in [0.5, 0.6) is 0 Å². The predicted octanol–water partition coefficient (Wildman–Crippen LogP) is 16.8. The van der Waals surface area contributed by atoms with Gasteiger partial charge < -0.3 is 8.83 Å². The third-order valence-corrected chi connectivity index (χ3v) is 14.3. The monoisotopic (exact) mass is 801 g/mol. The van der Waals surface area contributed by atoms with E-state index in [0.29, 0.717) is 0 Å². The van der Waals surface area contributed by atoms with E-state index in [2.05, 4.69) is 164 Å². The van der Waals surface area contributed by atoms with Gasteiger partial charge >= 0.3 is 0 Å². The molecule has 0 N–H and O–H groups in total. The van der Waals surface area contributed by atoms with Crippen molar-refractivity contribution >= 4 is 96.9 Å². The Hall–Kier alpha value is -7.31. The Bertz CT molecular complexity index is 3630. The van der Waals surface area contributed by atoms with Crippen LogP contribution in [0.25, 0.3) is 129 Å². The molecule has 0 aliphatic rings. The van der Waals surface area contributed by atoms with Gasteiger partial charge in [-0.2, -0.15) is 0 Å². The minimum absolute atomic E-state index is 0.905. The van der Waals surface area contributed by atoms with Crippen LogP contribution in [0.1, 0.15) is 0 Å². The molecule has 4 aromatic heterocycles. The van der Waals surface area contributed by atoms with Gasteiger partial charge in [0.05, 0.1) is 10.2 Å². The molecule has 3 nitrogen and oxygen atoms in total. The van der Waals surface area contributed by atoms with Gasteiger partial charge in [-0.15, -0.1) is 22.7 Å². The second-order valence-electron chi connectivity index (χ2n) is 15.4. The zero-order chi connectivity index (χ0) is 39.3. The van der Waals surface area contributed by atoms with Gasteiger partial charge in [0.15, 0.2) is 0 Å². The maximum Gasteiger partial charge on any atom is 0.143 e. The van der Waals surface area contributed by atoms with Crippen LogP contribution in [0.2, 0.25) is 0 Å². The molecule has 0 radical (unpaired) electrons. The van der Waals surface area contributed by atoms with Crippen LogP contribution in [0.4, 0.5) is 0 Å². The first-order valence-electron chi connectivity index (χ1n) is 20.1. The Morgan fingerprint density at radius 3 is 1.45 bits per heavy atom. The number of benzene rings is 9. The van der Waals surface area contributed by atoms with Gasteiger partial charge in [-0.05, 0) is 52.6 Å². The summed E-state index contributed by atoms with van der Waals surface area (Å²) < 4.78 is 16.6. The number of nitrogens with zero attached hydrogens (tertiary/aromatic N) is 1. The highest BCUT2D eigenvalue weighted by molar-refractivity contribution is 7.26. The van der Waals surface area contributed by atoms with Gasteiger partial charge in [0, 0.05) is 69.5 Å². The van der Waals surface area contributed by atoms with Gasteiger partial charge in [0.25, 0.3) is 0 Å². The third-order valence-electron chi connectivity index (χ3n) is 12.0. The molecule has 0 aliphatic heterocycles. The lowest BCUT2D eigenvalue weighted by Gasteiger charge is -2.10. The first-order chi connectivity index (χ1) is 29.7. The second kappa shape index (κ2) is 13.1. The molecule has 0 saturated carbocycles. The smallest absolute Gasteiger partial charge is 0.143 e. The Morgan fingerprint density at radius 1 is 0.333 bits per heavy atom. The molecular weight excluding hydrogens is 771 g/mol. The normalized spacial score (nSPS) is 12.0. The van der Waals surface area contributed by atoms with Gasteiger partial charge in [-0.25, -0.2) is 4.98 Å². The van der Waals surface area contributed by atoms with Crippen LogP contribution in [0, 0.1) is 0 Å². The molecule has 0 amide bonds. The van der Waals surface area contributed by atoms with E-state index in [1.807, 2.05) is 35.6 Å². The fraction of sp³-hybridized carbons (Fsp3) is 0. The summed E-state index contributed by atoms with van der Waals surface area (Å²) in [5.74, 6) is 0. The van der Waals surface area contributed by atoms with E-state index in [-0.39, 0.29) is 0 Å². The summed E-state index contributed by atoms with van der Waals surface area (Å²) in [7, 11) is 0. The van der Waals surface area contributed by atoms with Crippen molar-refractivity contribution in [1.29, 1.82) is 0 Å². The van der Waals surface area contributed by atoms with E-state index < -0.39 is 0 Å². The fourth-order valence-electron chi connectivity index (χ4n) is 9.06. The topological polar surface area (TPSA) is 39.2 Å². The lowest BCUT2D eigenvalue weighted by molar-refractivity contribution is 0.669. The van der Waals surface area contributed by atoms with Crippen molar-refractivity contribution in [2.45, 2.75) is 0 Å². The van der Waals surface area contributed by atoms with Crippen LogP contribution in [-0.4, -0.2) is 4.98 Å². The number of furan rings is 2. The molecule has 0 spiro atoms. The van der Waals surface area contributed by atoms with E-state index in [0.717, 1.165) is 98.9 Å². The molecule has 5 heteroatoms. The van der Waals surface area contributed by atoms with Crippen LogP contribution < -0.4 is 0 Å². The zero-order valence-corrected chi connectivity index (χ0v) is 33.6. The summed E-state index contributed by atoms with van der Waals surface area (Å²) in [6.07, 6.45) is 0. The van der Waals surface area contributed by atoms with Crippen molar-refractivity contribution in [2.24, 2.45) is 0 Å². The van der Waals surface area contributed by atoms with Gasteiger partial charge in [-0.3, -0.25) is 0 Å². The summed E-state index contributed by atoms with van der Waals surface area (Å²) in [6, 6.07) is 67.1. The standard InChI is InChI=1S/C55H31NO2S2/c1-4-16-47-41(9-1)44-14-7-12-38(52(44)57-47)33-21-19-32(20-22-33)37-28-29-40(35-25-23-34(24-26-35)39-13-8-15-45-42-10-2-5-17-48(42)58-53(39)45)54-51(37)56-55(60-54)36-27-30-50-46(31-36)43-11-3-6-18-49(43)59-50/h1-31H. The third kappa shape index (κ3) is 5.16. The number of aromatic nitrogens is 1. The molecule has 0 aliphatic carbocycles. The number of rotatable bonds is 5. The SMILES string of the molecule is c1ccc2c(c1)oc1c(-c3ccc(-c4ccc(-c5ccc(-c6cccc7c6oc6ccccc67)cc5)c5sc(-c6ccc7sc8ccccc8c7c6)nc45)cc3)cccc12. The molecular formula is C55H31NO2S2. The average Bonchev–Trinajstić information content (AvgIpc) is 4.10. The minimum Gasteiger partial charge on any atom is -0.455 e. The average molecular weight is 802 g/mol. The van der Waals surface area contributed by atoms with E-state index in [4.69, 9.17) is 13.8 Å². The Morgan fingerprint density at radius 2 is 0.817 bits per heavy atom. The molecule has 280 valence electrons. The molecule has 60 heavy (non-hydrogen) atoms. The van der Waals surface area contributed by atoms with E-state index in [1.165, 1.54) is 30.4 Å². The number of hydrogen-bond acceptors (Lipinski definition) is 5. The van der Waals surface area contributed by atoms with Gasteiger partial charge in [0.2, 0.25) is 0 Å². The van der Waals surface area contributed by atoms with E-state index in [1.54, 1.807) is 11.3 Å². The highest BCUT2D eigenvalue weighted by Gasteiger charge is 2.19. The number of hydrogen-bond donors (Lipinski definition) is 0. The summed E-state index contributed by atoms with van der Waals surface area (Å²) >= 11 is 3.61. The summed E-state index contributed by atoms with van der Waals surface area (Å²) in [5.41, 5.74) is 14.7. The van der Waals surface area contributed by atoms with Crippen molar-refractivity contribution in [3.63, 3.8) is 0 Å². The van der Waals surface area contributed by atoms with Crippen LogP contribution in [0.3, 0.4) is 0 Å². The lowest BCUT2D eigenvalue weighted by atomic mass is 9.95. The Kier molecular flexibility index (Phi) is 7.35. The number of para-hydroxylation sites is 4. The van der Waals surface area contributed by atoms with Crippen molar-refractivity contribution < 1.29 is 8.83 Å². The summed E-state index contributed by atoms with van der Waals surface area (Å²) in [4.78, 5) is 5.48. The number of thiophene rings is 1. The van der Waals surface area contributed by atoms with Crippen molar-refractivity contribution in [1.82, 2.24) is 4.98 Å². The molecule has 0 saturated heterocycles. The number of fused-ring (bicyclic) bond motifs is 10. The maximum atomic E-state index is 6.41. The van der Waals surface area contributed by atoms with Crippen LogP contribution >= 0.6 is 22.7 Å². The van der Waals surface area contributed by atoms with E-state index >= 15 is 0 Å². The first-order valence-corrected chi connectivity index (χ1v) is 21.7. The highest BCUT2D eigenvalue weighted by atomic mass is 32.1. The molecule has 0 bridgehead atoms. The molecule has 0 fully saturated rings. The summed E-state index contributed by atoms with van der Waals surface area (Å²) in [6.45, 7) is 0. The van der Waals surface area contributed by atoms with Gasteiger partial charge in [-0.1, -0.05) is 158 Å². The molecule has 13 aromatic rings. The molecule has 4 heterocycles.